The van der Waals surface area contributed by atoms with Crippen LogP contribution in [0.4, 0.5) is 4.79 Å². The van der Waals surface area contributed by atoms with E-state index in [0.717, 1.165) is 12.8 Å². The molecule has 0 spiro atoms. The standard InChI is InChI=1S/C17H31NO5/c1-12(2)10-22-9-8-17(14(19)20,13-6-7-13)11-18-15(21)23-16(3,4)5/h12-13H,6-11H2,1-5H3,(H,18,21)(H,19,20). The maximum absolute atomic E-state index is 11.9. The number of carboxylic acid groups (broad SMARTS) is 1. The molecule has 0 aromatic rings. The van der Waals surface area contributed by atoms with E-state index in [9.17, 15) is 14.7 Å². The highest BCUT2D eigenvalue weighted by molar-refractivity contribution is 5.77. The van der Waals surface area contributed by atoms with Crippen molar-refractivity contribution in [3.8, 4) is 0 Å². The van der Waals surface area contributed by atoms with Crippen LogP contribution in [0.5, 0.6) is 0 Å². The molecule has 6 heteroatoms. The van der Waals surface area contributed by atoms with Gasteiger partial charge in [0.2, 0.25) is 0 Å². The quantitative estimate of drug-likeness (QED) is 0.635. The van der Waals surface area contributed by atoms with E-state index in [0.29, 0.717) is 25.6 Å². The van der Waals surface area contributed by atoms with Crippen molar-refractivity contribution in [1.29, 1.82) is 0 Å². The molecule has 1 saturated carbocycles. The SMILES string of the molecule is CC(C)COCCC(CNC(=O)OC(C)(C)C)(C(=O)O)C1CC1. The first-order valence-electron chi connectivity index (χ1n) is 8.35. The van der Waals surface area contributed by atoms with E-state index in [2.05, 4.69) is 19.2 Å². The third-order valence-electron chi connectivity index (χ3n) is 3.88. The topological polar surface area (TPSA) is 84.9 Å². The van der Waals surface area contributed by atoms with Gasteiger partial charge in [-0.25, -0.2) is 4.79 Å². The van der Waals surface area contributed by atoms with Gasteiger partial charge in [0.1, 0.15) is 5.60 Å². The van der Waals surface area contributed by atoms with Gasteiger partial charge in [0.05, 0.1) is 5.41 Å². The summed E-state index contributed by atoms with van der Waals surface area (Å²) in [5.41, 5.74) is -1.57. The summed E-state index contributed by atoms with van der Waals surface area (Å²) < 4.78 is 10.8. The number of hydrogen-bond acceptors (Lipinski definition) is 4. The van der Waals surface area contributed by atoms with Gasteiger partial charge in [0.15, 0.2) is 0 Å². The van der Waals surface area contributed by atoms with Gasteiger partial charge in [0, 0.05) is 19.8 Å². The number of ether oxygens (including phenoxy) is 2. The first-order valence-corrected chi connectivity index (χ1v) is 8.35. The Balaban J connectivity index is 2.61. The van der Waals surface area contributed by atoms with Crippen molar-refractivity contribution in [2.24, 2.45) is 17.3 Å². The van der Waals surface area contributed by atoms with E-state index in [1.807, 2.05) is 0 Å². The van der Waals surface area contributed by atoms with Crippen LogP contribution < -0.4 is 5.32 Å². The molecule has 0 bridgehead atoms. The van der Waals surface area contributed by atoms with Gasteiger partial charge < -0.3 is 19.9 Å². The first kappa shape index (κ1) is 19.7. The molecule has 0 aromatic carbocycles. The zero-order chi connectivity index (χ0) is 17.7. The number of nitrogens with one attached hydrogen (secondary N) is 1. The number of carbonyl (C=O) groups excluding carboxylic acids is 1. The number of aliphatic carboxylic acids is 1. The van der Waals surface area contributed by atoms with E-state index >= 15 is 0 Å². The molecular weight excluding hydrogens is 298 g/mol. The molecule has 1 aliphatic carbocycles. The van der Waals surface area contributed by atoms with Crippen molar-refractivity contribution < 1.29 is 24.2 Å². The third kappa shape index (κ3) is 6.77. The molecule has 0 saturated heterocycles. The first-order chi connectivity index (χ1) is 10.6. The van der Waals surface area contributed by atoms with Crippen LogP contribution in [0.2, 0.25) is 0 Å². The summed E-state index contributed by atoms with van der Waals surface area (Å²) in [4.78, 5) is 23.7. The molecule has 2 N–H and O–H groups in total. The Morgan fingerprint density at radius 2 is 1.87 bits per heavy atom. The Morgan fingerprint density at radius 3 is 2.30 bits per heavy atom. The zero-order valence-corrected chi connectivity index (χ0v) is 15.0. The van der Waals surface area contributed by atoms with Crippen LogP contribution in [0, 0.1) is 17.3 Å². The van der Waals surface area contributed by atoms with Crippen LogP contribution >= 0.6 is 0 Å². The molecule has 1 unspecified atom stereocenters. The predicted octanol–water partition coefficient (Wildman–Crippen LogP) is 3.05. The lowest BCUT2D eigenvalue weighted by Crippen LogP contribution is -2.46. The fraction of sp³-hybridized carbons (Fsp3) is 0.882. The maximum Gasteiger partial charge on any atom is 0.407 e. The van der Waals surface area contributed by atoms with Crippen LogP contribution in [0.25, 0.3) is 0 Å². The lowest BCUT2D eigenvalue weighted by Gasteiger charge is -2.30. The molecule has 0 aliphatic heterocycles. The van der Waals surface area contributed by atoms with Gasteiger partial charge in [-0.1, -0.05) is 13.8 Å². The largest absolute Gasteiger partial charge is 0.481 e. The summed E-state index contributed by atoms with van der Waals surface area (Å²) in [6, 6.07) is 0. The fourth-order valence-corrected chi connectivity index (χ4v) is 2.55. The molecule has 1 rings (SSSR count). The van der Waals surface area contributed by atoms with Gasteiger partial charge in [0.25, 0.3) is 0 Å². The predicted molar refractivity (Wildman–Crippen MR) is 87.3 cm³/mol. The minimum absolute atomic E-state index is 0.0763. The van der Waals surface area contributed by atoms with Crippen molar-refractivity contribution in [1.82, 2.24) is 5.32 Å². The van der Waals surface area contributed by atoms with Crippen molar-refractivity contribution in [3.63, 3.8) is 0 Å². The van der Waals surface area contributed by atoms with Crippen molar-refractivity contribution in [2.45, 2.75) is 59.5 Å². The van der Waals surface area contributed by atoms with Gasteiger partial charge in [-0.15, -0.1) is 0 Å². The zero-order valence-electron chi connectivity index (χ0n) is 15.0. The van der Waals surface area contributed by atoms with Crippen LogP contribution in [-0.2, 0) is 14.3 Å². The Labute approximate surface area is 138 Å². The number of carbonyl (C=O) groups is 2. The lowest BCUT2D eigenvalue weighted by atomic mass is 9.79. The maximum atomic E-state index is 11.9. The van der Waals surface area contributed by atoms with Crippen molar-refractivity contribution in [3.05, 3.63) is 0 Å². The van der Waals surface area contributed by atoms with Crippen LogP contribution in [0.1, 0.15) is 53.9 Å². The van der Waals surface area contributed by atoms with Crippen LogP contribution in [0.15, 0.2) is 0 Å². The highest BCUT2D eigenvalue weighted by Crippen LogP contribution is 2.48. The van der Waals surface area contributed by atoms with Gasteiger partial charge in [-0.3, -0.25) is 4.79 Å². The smallest absolute Gasteiger partial charge is 0.407 e. The van der Waals surface area contributed by atoms with E-state index in [-0.39, 0.29) is 12.5 Å². The summed E-state index contributed by atoms with van der Waals surface area (Å²) in [6.45, 7) is 10.5. The monoisotopic (exact) mass is 329 g/mol. The summed E-state index contributed by atoms with van der Waals surface area (Å²) in [7, 11) is 0. The van der Waals surface area contributed by atoms with Crippen LogP contribution in [-0.4, -0.2) is 42.5 Å². The highest BCUT2D eigenvalue weighted by Gasteiger charge is 2.51. The summed E-state index contributed by atoms with van der Waals surface area (Å²) in [6.07, 6.45) is 1.58. The Hall–Kier alpha value is -1.30. The van der Waals surface area contributed by atoms with Crippen LogP contribution in [0.3, 0.4) is 0 Å². The lowest BCUT2D eigenvalue weighted by molar-refractivity contribution is -0.151. The Bertz CT molecular complexity index is 412. The molecule has 134 valence electrons. The molecule has 0 radical (unpaired) electrons. The number of alkyl carbamates (subject to hydrolysis) is 1. The average molecular weight is 329 g/mol. The average Bonchev–Trinajstić information content (AvgIpc) is 3.20. The Morgan fingerprint density at radius 1 is 1.26 bits per heavy atom. The minimum Gasteiger partial charge on any atom is -0.481 e. The second-order valence-corrected chi connectivity index (χ2v) is 7.81. The molecule has 1 fully saturated rings. The normalized spacial score (nSPS) is 17.7. The molecule has 23 heavy (non-hydrogen) atoms. The van der Waals surface area contributed by atoms with Gasteiger partial charge in [-0.05, 0) is 51.9 Å². The minimum atomic E-state index is -0.964. The molecular formula is C17H31NO5. The number of hydrogen-bond donors (Lipinski definition) is 2. The number of amides is 1. The number of rotatable bonds is 9. The molecule has 1 aliphatic rings. The second kappa shape index (κ2) is 7.99. The van der Waals surface area contributed by atoms with Crippen molar-refractivity contribution in [2.75, 3.05) is 19.8 Å². The molecule has 1 amide bonds. The molecule has 0 heterocycles. The molecule has 1 atom stereocenters. The van der Waals surface area contributed by atoms with E-state index in [1.165, 1.54) is 0 Å². The van der Waals surface area contributed by atoms with E-state index < -0.39 is 23.1 Å². The summed E-state index contributed by atoms with van der Waals surface area (Å²) in [5, 5.41) is 12.4. The highest BCUT2D eigenvalue weighted by atomic mass is 16.6. The fourth-order valence-electron chi connectivity index (χ4n) is 2.55. The van der Waals surface area contributed by atoms with Gasteiger partial charge >= 0.3 is 12.1 Å². The number of carboxylic acids is 1. The van der Waals surface area contributed by atoms with Crippen molar-refractivity contribution >= 4 is 12.1 Å². The van der Waals surface area contributed by atoms with E-state index in [1.54, 1.807) is 20.8 Å². The summed E-state index contributed by atoms with van der Waals surface area (Å²) in [5.74, 6) is -0.364. The second-order valence-electron chi connectivity index (χ2n) is 7.81. The molecule has 0 aromatic heterocycles. The molecule has 6 nitrogen and oxygen atoms in total. The third-order valence-corrected chi connectivity index (χ3v) is 3.88. The van der Waals surface area contributed by atoms with E-state index in [4.69, 9.17) is 9.47 Å². The Kier molecular flexibility index (Phi) is 6.86. The van der Waals surface area contributed by atoms with Gasteiger partial charge in [-0.2, -0.15) is 0 Å². The summed E-state index contributed by atoms with van der Waals surface area (Å²) >= 11 is 0.